The molecule has 1 heterocycles. The van der Waals surface area contributed by atoms with E-state index in [0.717, 1.165) is 9.35 Å². The van der Waals surface area contributed by atoms with Gasteiger partial charge in [0.2, 0.25) is 0 Å². The zero-order valence-corrected chi connectivity index (χ0v) is 12.1. The van der Waals surface area contributed by atoms with Gasteiger partial charge in [0.15, 0.2) is 6.29 Å². The standard InChI is InChI=1S/C13H11BrFNOS/c1-16(6-10-5-9(14)8-18-10)13-4-2-3-12(15)11(13)7-17/h2-5,7-8H,6H2,1H3. The largest absolute Gasteiger partial charge is 0.369 e. The number of benzene rings is 1. The van der Waals surface area contributed by atoms with Crippen molar-refractivity contribution in [3.63, 3.8) is 0 Å². The molecule has 0 saturated heterocycles. The molecule has 0 aliphatic heterocycles. The normalized spacial score (nSPS) is 10.4. The van der Waals surface area contributed by atoms with Crippen LogP contribution in [0.5, 0.6) is 0 Å². The molecule has 1 aromatic carbocycles. The molecule has 1 aromatic heterocycles. The van der Waals surface area contributed by atoms with E-state index in [0.29, 0.717) is 18.5 Å². The number of carbonyl (C=O) groups is 1. The maximum Gasteiger partial charge on any atom is 0.155 e. The molecule has 0 bridgehead atoms. The highest BCUT2D eigenvalue weighted by Crippen LogP contribution is 2.25. The van der Waals surface area contributed by atoms with Crippen LogP contribution in [0.2, 0.25) is 0 Å². The van der Waals surface area contributed by atoms with Gasteiger partial charge in [-0.05, 0) is 34.1 Å². The van der Waals surface area contributed by atoms with Crippen LogP contribution in [0.15, 0.2) is 34.1 Å². The lowest BCUT2D eigenvalue weighted by atomic mass is 10.1. The smallest absolute Gasteiger partial charge is 0.155 e. The van der Waals surface area contributed by atoms with Gasteiger partial charge in [0, 0.05) is 21.8 Å². The fraction of sp³-hybridized carbons (Fsp3) is 0.154. The minimum Gasteiger partial charge on any atom is -0.369 e. The van der Waals surface area contributed by atoms with Crippen LogP contribution in [0.4, 0.5) is 10.1 Å². The minimum absolute atomic E-state index is 0.107. The molecule has 0 aliphatic rings. The van der Waals surface area contributed by atoms with Crippen molar-refractivity contribution in [3.8, 4) is 0 Å². The monoisotopic (exact) mass is 327 g/mol. The third-order valence-corrected chi connectivity index (χ3v) is 4.26. The molecule has 0 fully saturated rings. The zero-order valence-electron chi connectivity index (χ0n) is 9.69. The van der Waals surface area contributed by atoms with E-state index in [2.05, 4.69) is 15.9 Å². The van der Waals surface area contributed by atoms with E-state index >= 15 is 0 Å². The highest BCUT2D eigenvalue weighted by Gasteiger charge is 2.12. The summed E-state index contributed by atoms with van der Waals surface area (Å²) < 4.78 is 14.5. The maximum atomic E-state index is 13.5. The Kier molecular flexibility index (Phi) is 4.14. The first-order valence-corrected chi connectivity index (χ1v) is 6.97. The van der Waals surface area contributed by atoms with Gasteiger partial charge in [0.1, 0.15) is 5.82 Å². The average molecular weight is 328 g/mol. The van der Waals surface area contributed by atoms with Crippen molar-refractivity contribution in [1.82, 2.24) is 0 Å². The van der Waals surface area contributed by atoms with Crippen molar-refractivity contribution < 1.29 is 9.18 Å². The van der Waals surface area contributed by atoms with Crippen LogP contribution in [0.25, 0.3) is 0 Å². The van der Waals surface area contributed by atoms with E-state index in [1.807, 2.05) is 23.4 Å². The van der Waals surface area contributed by atoms with Gasteiger partial charge in [-0.2, -0.15) is 0 Å². The lowest BCUT2D eigenvalue weighted by Crippen LogP contribution is -2.17. The lowest BCUT2D eigenvalue weighted by molar-refractivity contribution is 0.112. The van der Waals surface area contributed by atoms with Crippen molar-refractivity contribution in [2.45, 2.75) is 6.54 Å². The van der Waals surface area contributed by atoms with Crippen molar-refractivity contribution in [2.75, 3.05) is 11.9 Å². The first-order chi connectivity index (χ1) is 8.61. The van der Waals surface area contributed by atoms with Crippen LogP contribution in [0.3, 0.4) is 0 Å². The van der Waals surface area contributed by atoms with E-state index in [1.54, 1.807) is 23.5 Å². The quantitative estimate of drug-likeness (QED) is 0.788. The van der Waals surface area contributed by atoms with Crippen LogP contribution in [0, 0.1) is 5.82 Å². The molecule has 0 spiro atoms. The molecule has 0 N–H and O–H groups in total. The molecule has 2 rings (SSSR count). The molecule has 94 valence electrons. The molecular weight excluding hydrogens is 317 g/mol. The summed E-state index contributed by atoms with van der Waals surface area (Å²) in [6.45, 7) is 0.639. The highest BCUT2D eigenvalue weighted by molar-refractivity contribution is 9.10. The molecule has 5 heteroatoms. The van der Waals surface area contributed by atoms with E-state index < -0.39 is 5.82 Å². The fourth-order valence-corrected chi connectivity index (χ4v) is 3.23. The summed E-state index contributed by atoms with van der Waals surface area (Å²) in [5.74, 6) is -0.485. The molecule has 0 unspecified atom stereocenters. The van der Waals surface area contributed by atoms with Crippen molar-refractivity contribution in [3.05, 3.63) is 50.4 Å². The summed E-state index contributed by atoms with van der Waals surface area (Å²) in [7, 11) is 1.84. The third-order valence-electron chi connectivity index (χ3n) is 2.57. The Hall–Kier alpha value is -1.20. The second-order valence-electron chi connectivity index (χ2n) is 3.88. The Labute approximate surface area is 117 Å². The van der Waals surface area contributed by atoms with Gasteiger partial charge in [-0.1, -0.05) is 6.07 Å². The van der Waals surface area contributed by atoms with Gasteiger partial charge in [-0.25, -0.2) is 4.39 Å². The van der Waals surface area contributed by atoms with Crippen LogP contribution < -0.4 is 4.90 Å². The summed E-state index contributed by atoms with van der Waals surface area (Å²) in [6.07, 6.45) is 0.561. The number of halogens is 2. The lowest BCUT2D eigenvalue weighted by Gasteiger charge is -2.20. The number of thiophene rings is 1. The van der Waals surface area contributed by atoms with Crippen LogP contribution >= 0.6 is 27.3 Å². The van der Waals surface area contributed by atoms with Crippen molar-refractivity contribution >= 4 is 39.2 Å². The number of anilines is 1. The second-order valence-corrected chi connectivity index (χ2v) is 5.79. The molecule has 18 heavy (non-hydrogen) atoms. The van der Waals surface area contributed by atoms with Crippen molar-refractivity contribution in [1.29, 1.82) is 0 Å². The maximum absolute atomic E-state index is 13.5. The fourth-order valence-electron chi connectivity index (χ4n) is 1.73. The molecule has 0 radical (unpaired) electrons. The van der Waals surface area contributed by atoms with Gasteiger partial charge >= 0.3 is 0 Å². The molecule has 2 aromatic rings. The third kappa shape index (κ3) is 2.79. The van der Waals surface area contributed by atoms with E-state index in [1.165, 1.54) is 6.07 Å². The Bertz CT molecular complexity index is 570. The number of hydrogen-bond donors (Lipinski definition) is 0. The first kappa shape index (κ1) is 13.2. The Morgan fingerprint density at radius 1 is 1.50 bits per heavy atom. The molecular formula is C13H11BrFNOS. The van der Waals surface area contributed by atoms with Gasteiger partial charge in [0.25, 0.3) is 0 Å². The number of aldehydes is 1. The van der Waals surface area contributed by atoms with Gasteiger partial charge in [-0.15, -0.1) is 11.3 Å². The minimum atomic E-state index is -0.485. The summed E-state index contributed by atoms with van der Waals surface area (Å²) in [4.78, 5) is 13.9. The zero-order chi connectivity index (χ0) is 13.1. The first-order valence-electron chi connectivity index (χ1n) is 5.29. The van der Waals surface area contributed by atoms with Gasteiger partial charge in [-0.3, -0.25) is 4.79 Å². The Morgan fingerprint density at radius 3 is 2.89 bits per heavy atom. The second kappa shape index (κ2) is 5.63. The summed E-state index contributed by atoms with van der Waals surface area (Å²) in [6, 6.07) is 6.66. The predicted octanol–water partition coefficient (Wildman–Crippen LogP) is 4.10. The van der Waals surface area contributed by atoms with Crippen LogP contribution in [-0.4, -0.2) is 13.3 Å². The Balaban J connectivity index is 2.26. The molecule has 0 amide bonds. The van der Waals surface area contributed by atoms with Crippen LogP contribution in [0.1, 0.15) is 15.2 Å². The number of carbonyl (C=O) groups excluding carboxylic acids is 1. The molecule has 2 nitrogen and oxygen atoms in total. The SMILES string of the molecule is CN(Cc1cc(Br)cs1)c1cccc(F)c1C=O. The molecule has 0 saturated carbocycles. The van der Waals surface area contributed by atoms with Gasteiger partial charge in [0.05, 0.1) is 17.8 Å². The van der Waals surface area contributed by atoms with E-state index in [9.17, 15) is 9.18 Å². The predicted molar refractivity (Wildman–Crippen MR) is 75.9 cm³/mol. The topological polar surface area (TPSA) is 20.3 Å². The average Bonchev–Trinajstić information content (AvgIpc) is 2.74. The Morgan fingerprint density at radius 2 is 2.28 bits per heavy atom. The summed E-state index contributed by atoms with van der Waals surface area (Å²) in [5.41, 5.74) is 0.713. The number of nitrogens with zero attached hydrogens (tertiary/aromatic N) is 1. The number of rotatable bonds is 4. The van der Waals surface area contributed by atoms with Crippen LogP contribution in [-0.2, 0) is 6.54 Å². The molecule has 0 aliphatic carbocycles. The molecule has 0 atom stereocenters. The van der Waals surface area contributed by atoms with Crippen molar-refractivity contribution in [2.24, 2.45) is 0 Å². The number of hydrogen-bond acceptors (Lipinski definition) is 3. The summed E-state index contributed by atoms with van der Waals surface area (Å²) in [5, 5.41) is 2.00. The van der Waals surface area contributed by atoms with E-state index in [4.69, 9.17) is 0 Å². The van der Waals surface area contributed by atoms with Gasteiger partial charge < -0.3 is 4.90 Å². The highest BCUT2D eigenvalue weighted by atomic mass is 79.9. The summed E-state index contributed by atoms with van der Waals surface area (Å²) >= 11 is 5.01. The van der Waals surface area contributed by atoms with E-state index in [-0.39, 0.29) is 5.56 Å².